The Morgan fingerprint density at radius 2 is 1.78 bits per heavy atom. The van der Waals surface area contributed by atoms with Crippen LogP contribution in [-0.2, 0) is 4.79 Å². The highest BCUT2D eigenvalue weighted by atomic mass is 19.1. The predicted molar refractivity (Wildman–Crippen MR) is 145 cm³/mol. The molecule has 2 aromatic heterocycles. The summed E-state index contributed by atoms with van der Waals surface area (Å²) < 4.78 is 15.3. The number of benzene rings is 2. The van der Waals surface area contributed by atoms with Gasteiger partial charge in [0.15, 0.2) is 0 Å². The lowest BCUT2D eigenvalue weighted by Crippen LogP contribution is -2.44. The van der Waals surface area contributed by atoms with Gasteiger partial charge in [-0.15, -0.1) is 0 Å². The van der Waals surface area contributed by atoms with Crippen molar-refractivity contribution in [2.45, 2.75) is 0 Å². The topological polar surface area (TPSA) is 78.3 Å². The smallest absolute Gasteiger partial charge is 0.247 e. The van der Waals surface area contributed by atoms with Crippen molar-refractivity contribution in [1.82, 2.24) is 19.4 Å². The van der Waals surface area contributed by atoms with E-state index < -0.39 is 0 Å². The average molecular weight is 498 g/mol. The van der Waals surface area contributed by atoms with Crippen molar-refractivity contribution in [2.75, 3.05) is 48.8 Å². The number of hydrogen-bond acceptors (Lipinski definition) is 6. The van der Waals surface area contributed by atoms with Gasteiger partial charge in [0.1, 0.15) is 17.5 Å². The summed E-state index contributed by atoms with van der Waals surface area (Å²) >= 11 is 0. The molecule has 0 saturated carbocycles. The molecular weight excluding hydrogens is 469 g/mol. The monoisotopic (exact) mass is 497 g/mol. The number of hydrogen-bond donors (Lipinski definition) is 2. The molecule has 1 saturated heterocycles. The molecule has 37 heavy (non-hydrogen) atoms. The standard InChI is InChI=1S/C28H28FN7O/c1-3-27(37)33-24-18-22(8-9-25(24)35-16-14-34(2)15-17-35)32-26-19-23(10-11-30-26)36-13-12-31-28(36)20-4-6-21(29)7-5-20/h3-13,18-19H,1,14-17H2,2H3,(H,30,32)(H,33,37). The SMILES string of the molecule is C=CC(=O)Nc1cc(Nc2cc(-n3ccnc3-c3ccc(F)cc3)ccn2)ccc1N1CCN(C)CC1. The van der Waals surface area contributed by atoms with Crippen molar-refractivity contribution in [3.8, 4) is 17.1 Å². The van der Waals surface area contributed by atoms with Crippen LogP contribution in [0.25, 0.3) is 17.1 Å². The number of nitrogens with zero attached hydrogens (tertiary/aromatic N) is 5. The number of imidazole rings is 1. The maximum atomic E-state index is 13.4. The van der Waals surface area contributed by atoms with Gasteiger partial charge in [-0.05, 0) is 61.7 Å². The van der Waals surface area contributed by atoms with E-state index in [4.69, 9.17) is 0 Å². The number of likely N-dealkylation sites (N-methyl/N-ethyl adjacent to an activating group) is 1. The number of amides is 1. The molecule has 0 spiro atoms. The molecule has 3 heterocycles. The van der Waals surface area contributed by atoms with Crippen LogP contribution in [0.1, 0.15) is 0 Å². The van der Waals surface area contributed by atoms with Crippen LogP contribution in [0.4, 0.5) is 27.3 Å². The predicted octanol–water partition coefficient (Wildman–Crippen LogP) is 4.69. The zero-order chi connectivity index (χ0) is 25.8. The average Bonchev–Trinajstić information content (AvgIpc) is 3.40. The Kier molecular flexibility index (Phi) is 6.96. The van der Waals surface area contributed by atoms with E-state index in [0.717, 1.165) is 48.8 Å². The Hall–Kier alpha value is -4.50. The number of rotatable bonds is 7. The summed E-state index contributed by atoms with van der Waals surface area (Å²) in [5.41, 5.74) is 4.12. The minimum atomic E-state index is -0.292. The molecule has 5 rings (SSSR count). The van der Waals surface area contributed by atoms with Crippen LogP contribution in [-0.4, -0.2) is 58.6 Å². The fourth-order valence-corrected chi connectivity index (χ4v) is 4.33. The zero-order valence-corrected chi connectivity index (χ0v) is 20.6. The van der Waals surface area contributed by atoms with Gasteiger partial charge in [0, 0.05) is 62.1 Å². The maximum absolute atomic E-state index is 13.4. The number of aromatic nitrogens is 3. The van der Waals surface area contributed by atoms with E-state index in [1.54, 1.807) is 24.5 Å². The van der Waals surface area contributed by atoms with Crippen molar-refractivity contribution >= 4 is 28.8 Å². The van der Waals surface area contributed by atoms with Crippen LogP contribution in [0.2, 0.25) is 0 Å². The third-order valence-corrected chi connectivity index (χ3v) is 6.32. The van der Waals surface area contributed by atoms with E-state index in [9.17, 15) is 9.18 Å². The highest BCUT2D eigenvalue weighted by Crippen LogP contribution is 2.32. The highest BCUT2D eigenvalue weighted by Gasteiger charge is 2.18. The van der Waals surface area contributed by atoms with Crippen LogP contribution in [0.15, 0.2) is 85.8 Å². The lowest BCUT2D eigenvalue weighted by molar-refractivity contribution is -0.111. The first-order valence-electron chi connectivity index (χ1n) is 12.0. The molecule has 1 fully saturated rings. The van der Waals surface area contributed by atoms with Gasteiger partial charge in [-0.25, -0.2) is 14.4 Å². The van der Waals surface area contributed by atoms with Gasteiger partial charge in [0.05, 0.1) is 17.1 Å². The molecule has 4 aromatic rings. The molecule has 188 valence electrons. The van der Waals surface area contributed by atoms with E-state index in [1.807, 2.05) is 41.1 Å². The lowest BCUT2D eigenvalue weighted by atomic mass is 10.2. The Balaban J connectivity index is 1.41. The van der Waals surface area contributed by atoms with Crippen molar-refractivity contribution in [1.29, 1.82) is 0 Å². The third-order valence-electron chi connectivity index (χ3n) is 6.32. The van der Waals surface area contributed by atoms with Crippen LogP contribution in [0.5, 0.6) is 0 Å². The largest absolute Gasteiger partial charge is 0.367 e. The number of carbonyl (C=O) groups excluding carboxylic acids is 1. The molecule has 9 heteroatoms. The summed E-state index contributed by atoms with van der Waals surface area (Å²) in [4.78, 5) is 25.7. The van der Waals surface area contributed by atoms with Gasteiger partial charge in [-0.1, -0.05) is 6.58 Å². The second-order valence-electron chi connectivity index (χ2n) is 8.87. The number of nitrogens with one attached hydrogen (secondary N) is 2. The Labute approximate surface area is 215 Å². The summed E-state index contributed by atoms with van der Waals surface area (Å²) in [5, 5.41) is 6.29. The zero-order valence-electron chi connectivity index (χ0n) is 20.6. The third kappa shape index (κ3) is 5.52. The quantitative estimate of drug-likeness (QED) is 0.361. The van der Waals surface area contributed by atoms with E-state index in [0.29, 0.717) is 17.3 Å². The van der Waals surface area contributed by atoms with Crippen molar-refractivity contribution in [2.24, 2.45) is 0 Å². The summed E-state index contributed by atoms with van der Waals surface area (Å²) in [6.07, 6.45) is 6.54. The Bertz CT molecular complexity index is 1410. The molecule has 1 aliphatic heterocycles. The fourth-order valence-electron chi connectivity index (χ4n) is 4.33. The molecule has 1 amide bonds. The molecule has 0 atom stereocenters. The fraction of sp³-hybridized carbons (Fsp3) is 0.179. The van der Waals surface area contributed by atoms with E-state index in [-0.39, 0.29) is 11.7 Å². The van der Waals surface area contributed by atoms with Crippen LogP contribution < -0.4 is 15.5 Å². The molecule has 2 aromatic carbocycles. The minimum absolute atomic E-state index is 0.263. The maximum Gasteiger partial charge on any atom is 0.247 e. The number of anilines is 4. The molecule has 0 bridgehead atoms. The number of carbonyl (C=O) groups is 1. The Morgan fingerprint density at radius 3 is 2.54 bits per heavy atom. The van der Waals surface area contributed by atoms with E-state index in [1.165, 1.54) is 18.2 Å². The molecule has 8 nitrogen and oxygen atoms in total. The molecule has 2 N–H and O–H groups in total. The van der Waals surface area contributed by atoms with Gasteiger partial charge >= 0.3 is 0 Å². The second kappa shape index (κ2) is 10.6. The first kappa shape index (κ1) is 24.2. The summed E-state index contributed by atoms with van der Waals surface area (Å²) in [5.74, 6) is 0.772. The number of halogens is 1. The van der Waals surface area contributed by atoms with Gasteiger partial charge < -0.3 is 20.4 Å². The molecule has 0 radical (unpaired) electrons. The van der Waals surface area contributed by atoms with Crippen molar-refractivity contribution in [3.63, 3.8) is 0 Å². The van der Waals surface area contributed by atoms with Crippen LogP contribution in [0.3, 0.4) is 0 Å². The first-order valence-corrected chi connectivity index (χ1v) is 12.0. The summed E-state index contributed by atoms with van der Waals surface area (Å²) in [6.45, 7) is 7.26. The van der Waals surface area contributed by atoms with Gasteiger partial charge in [-0.2, -0.15) is 0 Å². The molecule has 0 aliphatic carbocycles. The van der Waals surface area contributed by atoms with E-state index >= 15 is 0 Å². The number of piperazine rings is 1. The second-order valence-corrected chi connectivity index (χ2v) is 8.87. The van der Waals surface area contributed by atoms with E-state index in [2.05, 4.69) is 44.0 Å². The molecule has 0 unspecified atom stereocenters. The summed E-state index contributed by atoms with van der Waals surface area (Å²) in [6, 6.07) is 15.9. The summed E-state index contributed by atoms with van der Waals surface area (Å²) in [7, 11) is 2.11. The van der Waals surface area contributed by atoms with Crippen LogP contribution in [0, 0.1) is 5.82 Å². The Morgan fingerprint density at radius 1 is 1.00 bits per heavy atom. The highest BCUT2D eigenvalue weighted by molar-refractivity contribution is 6.01. The van der Waals surface area contributed by atoms with Gasteiger partial charge in [0.2, 0.25) is 5.91 Å². The minimum Gasteiger partial charge on any atom is -0.367 e. The molecule has 1 aliphatic rings. The normalized spacial score (nSPS) is 13.8. The van der Waals surface area contributed by atoms with Crippen molar-refractivity contribution < 1.29 is 9.18 Å². The van der Waals surface area contributed by atoms with Crippen LogP contribution >= 0.6 is 0 Å². The number of pyridine rings is 1. The lowest BCUT2D eigenvalue weighted by Gasteiger charge is -2.35. The van der Waals surface area contributed by atoms with Crippen molar-refractivity contribution in [3.05, 3.63) is 91.7 Å². The van der Waals surface area contributed by atoms with Gasteiger partial charge in [0.25, 0.3) is 0 Å². The van der Waals surface area contributed by atoms with Gasteiger partial charge in [-0.3, -0.25) is 9.36 Å². The first-order chi connectivity index (χ1) is 18.0. The molecular formula is C28H28FN7O.